The Morgan fingerprint density at radius 3 is 2.41 bits per heavy atom. The van der Waals surface area contributed by atoms with Crippen molar-refractivity contribution in [2.45, 2.75) is 19.8 Å². The van der Waals surface area contributed by atoms with Crippen LogP contribution in [0.25, 0.3) is 0 Å². The number of nitrogens with zero attached hydrogens (tertiary/aromatic N) is 1. The smallest absolute Gasteiger partial charge is 0.230 e. The Kier molecular flexibility index (Phi) is 2.28. The highest BCUT2D eigenvalue weighted by Gasteiger charge is 2.43. The molecule has 1 aromatic carbocycles. The molecule has 1 aromatic rings. The molecule has 2 bridgehead atoms. The van der Waals surface area contributed by atoms with Gasteiger partial charge in [0.15, 0.2) is 5.78 Å². The Balaban J connectivity index is 1.84. The lowest BCUT2D eigenvalue weighted by Gasteiger charge is -2.46. The molecule has 1 saturated carbocycles. The van der Waals surface area contributed by atoms with E-state index in [9.17, 15) is 9.59 Å². The van der Waals surface area contributed by atoms with Gasteiger partial charge in [-0.1, -0.05) is 0 Å². The number of hydrogen-bond donors (Lipinski definition) is 0. The van der Waals surface area contributed by atoms with Gasteiger partial charge >= 0.3 is 0 Å². The van der Waals surface area contributed by atoms with Crippen LogP contribution in [0, 0.1) is 11.8 Å². The number of piperidine rings is 2. The van der Waals surface area contributed by atoms with E-state index in [2.05, 4.69) is 0 Å². The van der Waals surface area contributed by atoms with Gasteiger partial charge in [-0.3, -0.25) is 9.59 Å². The van der Waals surface area contributed by atoms with Crippen LogP contribution in [0.3, 0.4) is 0 Å². The summed E-state index contributed by atoms with van der Waals surface area (Å²) in [6.45, 7) is 2.39. The lowest BCUT2D eigenvalue weighted by molar-refractivity contribution is -0.129. The first-order chi connectivity index (χ1) is 8.15. The normalized spacial score (nSPS) is 26.6. The summed E-state index contributed by atoms with van der Waals surface area (Å²) in [5, 5.41) is 0. The predicted molar refractivity (Wildman–Crippen MR) is 65.0 cm³/mol. The summed E-state index contributed by atoms with van der Waals surface area (Å²) in [5.74, 6) is 1.25. The molecule has 3 nitrogen and oxygen atoms in total. The topological polar surface area (TPSA) is 37.4 Å². The number of amides is 1. The van der Waals surface area contributed by atoms with Gasteiger partial charge in [0.25, 0.3) is 0 Å². The summed E-state index contributed by atoms with van der Waals surface area (Å²) in [7, 11) is 0. The van der Waals surface area contributed by atoms with E-state index in [1.54, 1.807) is 19.1 Å². The maximum Gasteiger partial charge on any atom is 0.230 e. The predicted octanol–water partition coefficient (Wildman–Crippen LogP) is 2.26. The average Bonchev–Trinajstić information content (AvgIpc) is 2.28. The molecule has 2 heterocycles. The third-order valence-corrected chi connectivity index (χ3v) is 3.88. The second kappa shape index (κ2) is 3.69. The van der Waals surface area contributed by atoms with Crippen LogP contribution in [-0.2, 0) is 4.79 Å². The summed E-state index contributed by atoms with van der Waals surface area (Å²) < 4.78 is 0. The molecule has 1 amide bonds. The Morgan fingerprint density at radius 1 is 1.24 bits per heavy atom. The molecule has 88 valence electrons. The Morgan fingerprint density at radius 2 is 1.88 bits per heavy atom. The number of carbonyl (C=O) groups excluding carboxylic acids is 2. The zero-order valence-electron chi connectivity index (χ0n) is 9.85. The molecule has 0 aromatic heterocycles. The van der Waals surface area contributed by atoms with Gasteiger partial charge in [-0.05, 0) is 49.9 Å². The minimum Gasteiger partial charge on any atom is -0.312 e. The van der Waals surface area contributed by atoms with Crippen molar-refractivity contribution in [3.63, 3.8) is 0 Å². The van der Waals surface area contributed by atoms with Gasteiger partial charge < -0.3 is 4.90 Å². The molecule has 0 atom stereocenters. The van der Waals surface area contributed by atoms with Gasteiger partial charge in [-0.15, -0.1) is 0 Å². The SMILES string of the molecule is CC(=O)c1ccc(N2CC3CC(C3)C2=O)cc1. The zero-order chi connectivity index (χ0) is 12.0. The van der Waals surface area contributed by atoms with Crippen LogP contribution in [0.4, 0.5) is 5.69 Å². The highest BCUT2D eigenvalue weighted by Crippen LogP contribution is 2.41. The molecule has 3 heteroatoms. The number of Topliss-reactive ketones (excluding diaryl/α,β-unsaturated/α-hetero) is 1. The minimum absolute atomic E-state index is 0.0596. The van der Waals surface area contributed by atoms with Crippen molar-refractivity contribution < 1.29 is 9.59 Å². The molecule has 1 aliphatic carbocycles. The lowest BCUT2D eigenvalue weighted by atomic mass is 9.70. The van der Waals surface area contributed by atoms with Crippen molar-refractivity contribution in [3.05, 3.63) is 29.8 Å². The monoisotopic (exact) mass is 229 g/mol. The molecule has 3 fully saturated rings. The van der Waals surface area contributed by atoms with E-state index in [-0.39, 0.29) is 17.6 Å². The van der Waals surface area contributed by atoms with Crippen LogP contribution in [0.15, 0.2) is 24.3 Å². The Labute approximate surface area is 100 Å². The van der Waals surface area contributed by atoms with Gasteiger partial charge in [-0.2, -0.15) is 0 Å². The summed E-state index contributed by atoms with van der Waals surface area (Å²) in [4.78, 5) is 25.1. The second-order valence-corrected chi connectivity index (χ2v) is 5.09. The molecule has 0 spiro atoms. The average molecular weight is 229 g/mol. The fourth-order valence-electron chi connectivity index (χ4n) is 2.76. The van der Waals surface area contributed by atoms with Crippen molar-refractivity contribution in [2.75, 3.05) is 11.4 Å². The minimum atomic E-state index is 0.0596. The third-order valence-electron chi connectivity index (χ3n) is 3.88. The molecule has 4 rings (SSSR count). The van der Waals surface area contributed by atoms with E-state index in [0.29, 0.717) is 11.5 Å². The van der Waals surface area contributed by atoms with E-state index >= 15 is 0 Å². The van der Waals surface area contributed by atoms with Crippen molar-refractivity contribution in [1.29, 1.82) is 0 Å². The van der Waals surface area contributed by atoms with E-state index in [1.165, 1.54) is 0 Å². The molecule has 0 radical (unpaired) electrons. The van der Waals surface area contributed by atoms with Gasteiger partial charge in [0.05, 0.1) is 0 Å². The van der Waals surface area contributed by atoms with Crippen LogP contribution < -0.4 is 4.90 Å². The number of rotatable bonds is 2. The van der Waals surface area contributed by atoms with Crippen LogP contribution >= 0.6 is 0 Å². The highest BCUT2D eigenvalue weighted by molar-refractivity contribution is 5.98. The largest absolute Gasteiger partial charge is 0.312 e. The summed E-state index contributed by atoms with van der Waals surface area (Å²) in [6.07, 6.45) is 2.14. The van der Waals surface area contributed by atoms with Gasteiger partial charge in [-0.25, -0.2) is 0 Å². The summed E-state index contributed by atoms with van der Waals surface area (Å²) in [6, 6.07) is 7.34. The van der Waals surface area contributed by atoms with Crippen LogP contribution in [0.2, 0.25) is 0 Å². The first-order valence-corrected chi connectivity index (χ1v) is 6.07. The van der Waals surface area contributed by atoms with Gasteiger partial charge in [0.2, 0.25) is 5.91 Å². The Bertz CT molecular complexity index is 472. The van der Waals surface area contributed by atoms with E-state index in [0.717, 1.165) is 25.1 Å². The molecular formula is C14H15NO2. The highest BCUT2D eigenvalue weighted by atomic mass is 16.2. The fraction of sp³-hybridized carbons (Fsp3) is 0.429. The maximum absolute atomic E-state index is 12.0. The Hall–Kier alpha value is -1.64. The first-order valence-electron chi connectivity index (χ1n) is 6.07. The molecule has 2 aliphatic heterocycles. The molecule has 2 saturated heterocycles. The molecular weight excluding hydrogens is 214 g/mol. The van der Waals surface area contributed by atoms with Crippen molar-refractivity contribution in [2.24, 2.45) is 11.8 Å². The second-order valence-electron chi connectivity index (χ2n) is 5.09. The molecule has 0 unspecified atom stereocenters. The zero-order valence-corrected chi connectivity index (χ0v) is 9.85. The van der Waals surface area contributed by atoms with E-state index in [4.69, 9.17) is 0 Å². The van der Waals surface area contributed by atoms with Crippen molar-refractivity contribution in [1.82, 2.24) is 0 Å². The van der Waals surface area contributed by atoms with E-state index < -0.39 is 0 Å². The number of anilines is 1. The lowest BCUT2D eigenvalue weighted by Crippen LogP contribution is -2.53. The molecule has 3 aliphatic rings. The molecule has 0 N–H and O–H groups in total. The van der Waals surface area contributed by atoms with Crippen molar-refractivity contribution >= 4 is 17.4 Å². The van der Waals surface area contributed by atoms with Gasteiger partial charge in [0.1, 0.15) is 0 Å². The first kappa shape index (κ1) is 10.5. The number of fused-ring (bicyclic) bond motifs is 2. The quantitative estimate of drug-likeness (QED) is 0.729. The summed E-state index contributed by atoms with van der Waals surface area (Å²) in [5.41, 5.74) is 1.62. The number of benzene rings is 1. The third kappa shape index (κ3) is 1.66. The number of ketones is 1. The standard InChI is InChI=1S/C14H15NO2/c1-9(16)11-2-4-13(5-3-11)15-8-10-6-12(7-10)14(15)17/h2-5,10,12H,6-8H2,1H3. The number of carbonyl (C=O) groups is 2. The van der Waals surface area contributed by atoms with Gasteiger partial charge in [0, 0.05) is 23.7 Å². The van der Waals surface area contributed by atoms with Crippen LogP contribution in [0.1, 0.15) is 30.1 Å². The summed E-state index contributed by atoms with van der Waals surface area (Å²) >= 11 is 0. The fourth-order valence-corrected chi connectivity index (χ4v) is 2.76. The van der Waals surface area contributed by atoms with Crippen LogP contribution in [0.5, 0.6) is 0 Å². The van der Waals surface area contributed by atoms with Crippen LogP contribution in [-0.4, -0.2) is 18.2 Å². The van der Waals surface area contributed by atoms with E-state index in [1.807, 2.05) is 17.0 Å². The molecule has 17 heavy (non-hydrogen) atoms. The maximum atomic E-state index is 12.0. The van der Waals surface area contributed by atoms with Crippen molar-refractivity contribution in [3.8, 4) is 0 Å². The number of hydrogen-bond acceptors (Lipinski definition) is 2.